The van der Waals surface area contributed by atoms with E-state index in [-0.39, 0.29) is 38.1 Å². The molecule has 2 aromatic carbocycles. The average molecular weight is 637 g/mol. The fourth-order valence-corrected chi connectivity index (χ4v) is 2.89. The molecule has 2 aromatic heterocycles. The first-order valence-electron chi connectivity index (χ1n) is 8.88. The number of ketones is 1. The van der Waals surface area contributed by atoms with E-state index in [1.807, 2.05) is 0 Å². The van der Waals surface area contributed by atoms with Crippen LogP contribution in [0.25, 0.3) is 22.5 Å². The van der Waals surface area contributed by atoms with Crippen molar-refractivity contribution >= 4 is 5.78 Å². The minimum Gasteiger partial charge on any atom is -0.335 e. The molecule has 4 rings (SSSR count). The van der Waals surface area contributed by atoms with Crippen LogP contribution in [0.2, 0.25) is 0 Å². The molecule has 10 heteroatoms. The van der Waals surface area contributed by atoms with Crippen LogP contribution < -0.4 is 0 Å². The molecule has 0 radical (unpaired) electrons. The fraction of sp³-hybridized carbons (Fsp3) is 0. The maximum Gasteiger partial charge on any atom is 2.00 e. The summed E-state index contributed by atoms with van der Waals surface area (Å²) in [5, 5.41) is 0. The van der Waals surface area contributed by atoms with Gasteiger partial charge in [-0.1, -0.05) is 35.4 Å². The molecule has 0 amide bonds. The molecule has 0 N–H and O–H groups in total. The number of carbonyl (C=O) groups excluding carboxylic acids is 1. The second kappa shape index (κ2) is 9.66. The van der Waals surface area contributed by atoms with Gasteiger partial charge in [0, 0.05) is 6.20 Å². The Hall–Kier alpha value is -3.32. The second-order valence-electron chi connectivity index (χ2n) is 6.41. The Bertz CT molecular complexity index is 1370. The van der Waals surface area contributed by atoms with Gasteiger partial charge >= 0.3 is 21.1 Å². The molecule has 0 saturated heterocycles. The van der Waals surface area contributed by atoms with E-state index in [4.69, 9.17) is 0 Å². The molecule has 0 spiro atoms. The van der Waals surface area contributed by atoms with Gasteiger partial charge < -0.3 is 9.78 Å². The van der Waals surface area contributed by atoms with Gasteiger partial charge in [-0.25, -0.2) is 8.78 Å². The molecular weight excluding hydrogens is 629 g/mol. The Morgan fingerprint density at radius 2 is 1.42 bits per heavy atom. The van der Waals surface area contributed by atoms with Gasteiger partial charge in [-0.05, 0) is 29.1 Å². The molecular formula is C23H8F6N2OPt. The molecule has 0 saturated carbocycles. The van der Waals surface area contributed by atoms with Crippen LogP contribution in [-0.2, 0) is 21.1 Å². The van der Waals surface area contributed by atoms with Crippen molar-refractivity contribution in [3.05, 3.63) is 107 Å². The van der Waals surface area contributed by atoms with Crippen LogP contribution in [0.15, 0.2) is 48.7 Å². The molecule has 3 nitrogen and oxygen atoms in total. The van der Waals surface area contributed by atoms with E-state index in [9.17, 15) is 31.1 Å². The summed E-state index contributed by atoms with van der Waals surface area (Å²) in [6.45, 7) is 0. The zero-order valence-corrected chi connectivity index (χ0v) is 18.3. The van der Waals surface area contributed by atoms with Crippen LogP contribution in [0.1, 0.15) is 16.1 Å². The maximum atomic E-state index is 14.5. The number of nitrogens with zero attached hydrogens (tertiary/aromatic N) is 2. The number of rotatable bonds is 4. The molecule has 168 valence electrons. The van der Waals surface area contributed by atoms with Gasteiger partial charge in [0.25, 0.3) is 0 Å². The Labute approximate surface area is 197 Å². The van der Waals surface area contributed by atoms with E-state index in [2.05, 4.69) is 22.1 Å². The quantitative estimate of drug-likeness (QED) is 0.129. The van der Waals surface area contributed by atoms with Crippen molar-refractivity contribution in [2.24, 2.45) is 0 Å². The van der Waals surface area contributed by atoms with Gasteiger partial charge in [0.05, 0.1) is 29.0 Å². The van der Waals surface area contributed by atoms with Gasteiger partial charge in [-0.15, -0.1) is 18.2 Å². The fourth-order valence-electron chi connectivity index (χ4n) is 2.89. The van der Waals surface area contributed by atoms with Crippen LogP contribution in [-0.4, -0.2) is 15.8 Å². The number of hydrogen-bond acceptors (Lipinski definition) is 3. The van der Waals surface area contributed by atoms with Crippen LogP contribution in [0.3, 0.4) is 0 Å². The maximum absolute atomic E-state index is 14.5. The first-order chi connectivity index (χ1) is 15.3. The van der Waals surface area contributed by atoms with E-state index in [0.29, 0.717) is 6.07 Å². The summed E-state index contributed by atoms with van der Waals surface area (Å²) in [6.07, 6.45) is 1.25. The summed E-state index contributed by atoms with van der Waals surface area (Å²) < 4.78 is 84.0. The van der Waals surface area contributed by atoms with Crippen LogP contribution >= 0.6 is 0 Å². The Kier molecular flexibility index (Phi) is 7.12. The molecule has 0 aliphatic carbocycles. The number of carbonyl (C=O) groups is 1. The predicted molar refractivity (Wildman–Crippen MR) is 100 cm³/mol. The molecule has 0 unspecified atom stereocenters. The second-order valence-corrected chi connectivity index (χ2v) is 6.41. The van der Waals surface area contributed by atoms with Crippen molar-refractivity contribution in [3.8, 4) is 22.5 Å². The van der Waals surface area contributed by atoms with E-state index >= 15 is 0 Å². The third kappa shape index (κ3) is 4.46. The third-order valence-corrected chi connectivity index (χ3v) is 4.43. The Balaban J connectivity index is 0.00000306. The van der Waals surface area contributed by atoms with Gasteiger partial charge in [-0.3, -0.25) is 22.5 Å². The van der Waals surface area contributed by atoms with Crippen LogP contribution in [0.4, 0.5) is 26.3 Å². The zero-order chi connectivity index (χ0) is 23.0. The normalized spacial score (nSPS) is 10.6. The smallest absolute Gasteiger partial charge is 0.335 e. The SMILES string of the molecule is O=C(c1ccccn1)c1[c-]c(-c2cccc(-c3[c-]cc(F)c(F)c3F)n2)c(F)c(F)c1F.[Pt+2]. The number of aromatic nitrogens is 2. The third-order valence-electron chi connectivity index (χ3n) is 4.43. The van der Waals surface area contributed by atoms with Crippen molar-refractivity contribution in [1.29, 1.82) is 0 Å². The molecule has 2 heterocycles. The van der Waals surface area contributed by atoms with E-state index in [1.165, 1.54) is 36.5 Å². The van der Waals surface area contributed by atoms with E-state index < -0.39 is 57.4 Å². The summed E-state index contributed by atoms with van der Waals surface area (Å²) in [6, 6.07) is 12.7. The van der Waals surface area contributed by atoms with Crippen molar-refractivity contribution in [1.82, 2.24) is 9.97 Å². The van der Waals surface area contributed by atoms with Gasteiger partial charge in [0.1, 0.15) is 17.4 Å². The van der Waals surface area contributed by atoms with E-state index in [0.717, 1.165) is 6.07 Å². The summed E-state index contributed by atoms with van der Waals surface area (Å²) in [4.78, 5) is 20.2. The van der Waals surface area contributed by atoms with Crippen LogP contribution in [0, 0.1) is 47.0 Å². The average Bonchev–Trinajstić information content (AvgIpc) is 2.81. The number of pyridine rings is 2. The first kappa shape index (κ1) is 24.3. The van der Waals surface area contributed by atoms with Gasteiger partial charge in [0.15, 0.2) is 0 Å². The van der Waals surface area contributed by atoms with Crippen molar-refractivity contribution in [2.45, 2.75) is 0 Å². The Morgan fingerprint density at radius 3 is 2.09 bits per heavy atom. The molecule has 0 bridgehead atoms. The number of halogens is 6. The first-order valence-corrected chi connectivity index (χ1v) is 8.88. The summed E-state index contributed by atoms with van der Waals surface area (Å²) in [5.41, 5.74) is -3.12. The molecule has 0 aliphatic rings. The van der Waals surface area contributed by atoms with Gasteiger partial charge in [0.2, 0.25) is 0 Å². The molecule has 33 heavy (non-hydrogen) atoms. The topological polar surface area (TPSA) is 42.9 Å². The largest absolute Gasteiger partial charge is 2.00 e. The molecule has 0 fully saturated rings. The van der Waals surface area contributed by atoms with Crippen LogP contribution in [0.5, 0.6) is 0 Å². The number of benzene rings is 2. The minimum absolute atomic E-state index is 0. The summed E-state index contributed by atoms with van der Waals surface area (Å²) >= 11 is 0. The predicted octanol–water partition coefficient (Wildman–Crippen LogP) is 5.47. The molecule has 0 atom stereocenters. The standard InChI is InChI=1S/C23H8F6N2O.Pt/c24-14-8-7-11(18(25)21(14)28)15-5-3-6-16(31-15)12-10-13(20(27)22(29)19(12)26)23(32)17-4-1-2-9-30-17;/h1-6,8-9H;/q-2;+2. The molecule has 0 aliphatic heterocycles. The summed E-state index contributed by atoms with van der Waals surface area (Å²) in [5.74, 6) is -11.3. The van der Waals surface area contributed by atoms with Crippen molar-refractivity contribution in [2.75, 3.05) is 0 Å². The minimum atomic E-state index is -1.95. The Morgan fingerprint density at radius 1 is 0.758 bits per heavy atom. The monoisotopic (exact) mass is 637 g/mol. The number of hydrogen-bond donors (Lipinski definition) is 0. The summed E-state index contributed by atoms with van der Waals surface area (Å²) in [7, 11) is 0. The van der Waals surface area contributed by atoms with Crippen molar-refractivity contribution < 1.29 is 52.2 Å². The van der Waals surface area contributed by atoms with Gasteiger partial charge in [-0.2, -0.15) is 0 Å². The molecule has 4 aromatic rings. The zero-order valence-electron chi connectivity index (χ0n) is 16.0. The van der Waals surface area contributed by atoms with Crippen molar-refractivity contribution in [3.63, 3.8) is 0 Å². The van der Waals surface area contributed by atoms with E-state index in [1.54, 1.807) is 0 Å².